The Hall–Kier alpha value is 0.730. The van der Waals surface area contributed by atoms with Gasteiger partial charge in [-0.25, -0.2) is 0 Å². The molecular formula is C33H67I. The predicted molar refractivity (Wildman–Crippen MR) is 168 cm³/mol. The topological polar surface area (TPSA) is 0 Å². The van der Waals surface area contributed by atoms with E-state index in [9.17, 15) is 0 Å². The summed E-state index contributed by atoms with van der Waals surface area (Å²) >= 11 is 2.56. The maximum atomic E-state index is 2.56. The normalized spacial score (nSPS) is 11.6. The van der Waals surface area contributed by atoms with Crippen molar-refractivity contribution in [2.24, 2.45) is 5.92 Å². The maximum Gasteiger partial charge on any atom is -0.000473 e. The first-order valence-electron chi connectivity index (χ1n) is 16.4. The van der Waals surface area contributed by atoms with Gasteiger partial charge in [0.2, 0.25) is 0 Å². The molecule has 0 rings (SSSR count). The molecule has 0 aliphatic carbocycles. The summed E-state index contributed by atoms with van der Waals surface area (Å²) in [4.78, 5) is 0. The zero-order valence-electron chi connectivity index (χ0n) is 24.2. The van der Waals surface area contributed by atoms with Crippen LogP contribution >= 0.6 is 22.6 Å². The smallest absolute Gasteiger partial charge is 0.000473 e. The minimum Gasteiger partial charge on any atom is -0.0864 e. The van der Waals surface area contributed by atoms with Crippen LogP contribution in [0.4, 0.5) is 0 Å². The van der Waals surface area contributed by atoms with Crippen molar-refractivity contribution in [1.82, 2.24) is 0 Å². The van der Waals surface area contributed by atoms with Gasteiger partial charge in [0.25, 0.3) is 0 Å². The molecule has 1 heteroatoms. The summed E-state index contributed by atoms with van der Waals surface area (Å²) in [5.74, 6) is 1.04. The van der Waals surface area contributed by atoms with Gasteiger partial charge in [0.15, 0.2) is 0 Å². The van der Waals surface area contributed by atoms with Crippen molar-refractivity contribution < 1.29 is 0 Å². The molecule has 0 N–H and O–H groups in total. The quantitative estimate of drug-likeness (QED) is 0.0443. The van der Waals surface area contributed by atoms with Gasteiger partial charge < -0.3 is 0 Å². The van der Waals surface area contributed by atoms with Crippen LogP contribution in [0.1, 0.15) is 200 Å². The summed E-state index contributed by atoms with van der Waals surface area (Å²) in [7, 11) is 0. The van der Waals surface area contributed by atoms with E-state index in [4.69, 9.17) is 0 Å². The highest BCUT2D eigenvalue weighted by Gasteiger charge is 2.08. The summed E-state index contributed by atoms with van der Waals surface area (Å²) in [6.45, 7) is 4.62. The number of rotatable bonds is 30. The van der Waals surface area contributed by atoms with Gasteiger partial charge in [0.05, 0.1) is 0 Å². The molecule has 0 aliphatic heterocycles. The number of hydrogen-bond acceptors (Lipinski definition) is 0. The Morgan fingerprint density at radius 1 is 0.324 bits per heavy atom. The van der Waals surface area contributed by atoms with E-state index in [-0.39, 0.29) is 0 Å². The fourth-order valence-corrected chi connectivity index (χ4v) is 6.05. The van der Waals surface area contributed by atoms with Gasteiger partial charge in [-0.05, 0) is 16.8 Å². The molecule has 34 heavy (non-hydrogen) atoms. The van der Waals surface area contributed by atoms with Gasteiger partial charge in [-0.2, -0.15) is 0 Å². The third-order valence-corrected chi connectivity index (χ3v) is 8.69. The van der Waals surface area contributed by atoms with Gasteiger partial charge in [-0.15, -0.1) is 0 Å². The second-order valence-corrected chi connectivity index (χ2v) is 12.5. The third-order valence-electron chi connectivity index (χ3n) is 7.93. The van der Waals surface area contributed by atoms with E-state index >= 15 is 0 Å². The van der Waals surface area contributed by atoms with Crippen LogP contribution in [0, 0.1) is 5.92 Å². The average Bonchev–Trinajstić information content (AvgIpc) is 2.85. The molecule has 0 saturated carbocycles. The lowest BCUT2D eigenvalue weighted by Gasteiger charge is -2.17. The Balaban J connectivity index is 3.58. The van der Waals surface area contributed by atoms with Gasteiger partial charge in [-0.3, -0.25) is 0 Å². The van der Waals surface area contributed by atoms with Crippen LogP contribution in [0.25, 0.3) is 0 Å². The van der Waals surface area contributed by atoms with Gasteiger partial charge in [0, 0.05) is 0 Å². The molecule has 0 aliphatic rings. The SMILES string of the molecule is CCCCCCCCCCCCCCC(CCCCI)CCCCCCCCCCCCCC. The van der Waals surface area contributed by atoms with Crippen LogP contribution in [0.15, 0.2) is 0 Å². The molecular weight excluding hydrogens is 523 g/mol. The number of alkyl halides is 1. The fourth-order valence-electron chi connectivity index (χ4n) is 5.51. The molecule has 0 heterocycles. The summed E-state index contributed by atoms with van der Waals surface area (Å²) in [5.41, 5.74) is 0. The van der Waals surface area contributed by atoms with E-state index in [1.54, 1.807) is 0 Å². The lowest BCUT2D eigenvalue weighted by Crippen LogP contribution is -2.02. The van der Waals surface area contributed by atoms with E-state index in [1.807, 2.05) is 0 Å². The van der Waals surface area contributed by atoms with Crippen molar-refractivity contribution in [3.05, 3.63) is 0 Å². The van der Waals surface area contributed by atoms with Crippen molar-refractivity contribution in [2.45, 2.75) is 200 Å². The molecule has 0 radical (unpaired) electrons. The van der Waals surface area contributed by atoms with Crippen LogP contribution in [0.5, 0.6) is 0 Å². The van der Waals surface area contributed by atoms with Crippen LogP contribution < -0.4 is 0 Å². The van der Waals surface area contributed by atoms with Gasteiger partial charge in [-0.1, -0.05) is 216 Å². The lowest BCUT2D eigenvalue weighted by molar-refractivity contribution is 0.371. The minimum absolute atomic E-state index is 1.04. The van der Waals surface area contributed by atoms with Crippen molar-refractivity contribution in [1.29, 1.82) is 0 Å². The van der Waals surface area contributed by atoms with E-state index in [0.717, 1.165) is 5.92 Å². The molecule has 0 nitrogen and oxygen atoms in total. The van der Waals surface area contributed by atoms with E-state index < -0.39 is 0 Å². The van der Waals surface area contributed by atoms with E-state index in [2.05, 4.69) is 36.4 Å². The van der Waals surface area contributed by atoms with E-state index in [0.29, 0.717) is 0 Å². The molecule has 0 amide bonds. The Labute approximate surface area is 232 Å². The summed E-state index contributed by atoms with van der Waals surface area (Å²) in [6, 6.07) is 0. The summed E-state index contributed by atoms with van der Waals surface area (Å²) < 4.78 is 1.35. The standard InChI is InChI=1S/C33H67I/c1-3-5-7-9-11-13-15-17-19-21-23-25-29-33(31-27-28-32-34)30-26-24-22-20-18-16-14-12-10-8-6-4-2/h33H,3-32H2,1-2H3. The zero-order valence-corrected chi connectivity index (χ0v) is 26.3. The zero-order chi connectivity index (χ0) is 24.8. The third kappa shape index (κ3) is 29.0. The largest absolute Gasteiger partial charge is 0.0864 e. The van der Waals surface area contributed by atoms with E-state index in [1.165, 1.54) is 191 Å². The molecule has 0 aromatic heterocycles. The molecule has 0 atom stereocenters. The first-order valence-corrected chi connectivity index (χ1v) is 17.9. The Morgan fingerprint density at radius 2 is 0.559 bits per heavy atom. The van der Waals surface area contributed by atoms with Crippen LogP contribution in [-0.4, -0.2) is 4.43 Å². The molecule has 0 fully saturated rings. The molecule has 0 aromatic carbocycles. The molecule has 0 unspecified atom stereocenters. The molecule has 0 spiro atoms. The summed E-state index contributed by atoms with van der Waals surface area (Å²) in [5, 5.41) is 0. The Morgan fingerprint density at radius 3 is 0.824 bits per heavy atom. The minimum atomic E-state index is 1.04. The molecule has 206 valence electrons. The first kappa shape index (κ1) is 34.7. The number of hydrogen-bond donors (Lipinski definition) is 0. The van der Waals surface area contributed by atoms with Crippen LogP contribution in [-0.2, 0) is 0 Å². The summed E-state index contributed by atoms with van der Waals surface area (Å²) in [6.07, 6.45) is 42.9. The monoisotopic (exact) mass is 590 g/mol. The number of unbranched alkanes of at least 4 members (excludes halogenated alkanes) is 23. The lowest BCUT2D eigenvalue weighted by atomic mass is 9.90. The maximum absolute atomic E-state index is 2.56. The number of halogens is 1. The highest BCUT2D eigenvalue weighted by atomic mass is 127. The van der Waals surface area contributed by atoms with Crippen molar-refractivity contribution >= 4 is 22.6 Å². The first-order chi connectivity index (χ1) is 16.8. The molecule has 0 aromatic rings. The predicted octanol–water partition coefficient (Wildman–Crippen LogP) is 13.4. The molecule has 0 saturated heterocycles. The highest BCUT2D eigenvalue weighted by Crippen LogP contribution is 2.24. The average molecular weight is 591 g/mol. The molecule has 0 bridgehead atoms. The van der Waals surface area contributed by atoms with Crippen molar-refractivity contribution in [3.63, 3.8) is 0 Å². The van der Waals surface area contributed by atoms with Gasteiger partial charge >= 0.3 is 0 Å². The Bertz CT molecular complexity index is 311. The Kier molecular flexibility index (Phi) is 32.4. The van der Waals surface area contributed by atoms with Crippen LogP contribution in [0.2, 0.25) is 0 Å². The highest BCUT2D eigenvalue weighted by molar-refractivity contribution is 14.1. The second-order valence-electron chi connectivity index (χ2n) is 11.4. The van der Waals surface area contributed by atoms with Gasteiger partial charge in [0.1, 0.15) is 0 Å². The van der Waals surface area contributed by atoms with Crippen molar-refractivity contribution in [3.8, 4) is 0 Å². The second kappa shape index (κ2) is 31.8. The fraction of sp³-hybridized carbons (Fsp3) is 1.00. The van der Waals surface area contributed by atoms with Crippen LogP contribution in [0.3, 0.4) is 0 Å². The van der Waals surface area contributed by atoms with Crippen molar-refractivity contribution in [2.75, 3.05) is 4.43 Å².